The predicted octanol–water partition coefficient (Wildman–Crippen LogP) is 3.33. The molecule has 3 heteroatoms. The van der Waals surface area contributed by atoms with Crippen LogP contribution in [0.15, 0.2) is 30.5 Å². The number of fused-ring (bicyclic) bond motifs is 1. The quantitative estimate of drug-likeness (QED) is 0.726. The van der Waals surface area contributed by atoms with Gasteiger partial charge < -0.3 is 9.30 Å². The number of hydrogen-bond donors (Lipinski definition) is 0. The highest BCUT2D eigenvalue weighted by molar-refractivity contribution is 6.31. The fourth-order valence-electron chi connectivity index (χ4n) is 1.75. The van der Waals surface area contributed by atoms with Gasteiger partial charge in [-0.2, -0.15) is 0 Å². The molecular formula is C12H14ClNO. The van der Waals surface area contributed by atoms with E-state index in [-0.39, 0.29) is 0 Å². The third-order valence-electron chi connectivity index (χ3n) is 2.48. The van der Waals surface area contributed by atoms with E-state index in [2.05, 4.69) is 22.9 Å². The molecule has 0 radical (unpaired) electrons. The molecule has 2 aromatic rings. The molecule has 15 heavy (non-hydrogen) atoms. The second kappa shape index (κ2) is 4.69. The molecule has 0 saturated heterocycles. The lowest BCUT2D eigenvalue weighted by atomic mass is 10.2. The molecule has 1 aromatic heterocycles. The summed E-state index contributed by atoms with van der Waals surface area (Å²) in [5.41, 5.74) is 1.23. The predicted molar refractivity (Wildman–Crippen MR) is 63.4 cm³/mol. The van der Waals surface area contributed by atoms with Gasteiger partial charge in [0.25, 0.3) is 0 Å². The summed E-state index contributed by atoms with van der Waals surface area (Å²) in [6.45, 7) is 1.78. The number of benzene rings is 1. The number of halogens is 1. The van der Waals surface area contributed by atoms with Crippen molar-refractivity contribution in [2.75, 3.05) is 13.7 Å². The standard InChI is InChI=1S/C12H14ClNO/c1-15-8-2-6-14-7-5-10-9-11(13)3-4-12(10)14/h3-5,7,9H,2,6,8H2,1H3. The average molecular weight is 224 g/mol. The minimum absolute atomic E-state index is 0.789. The Balaban J connectivity index is 2.21. The maximum Gasteiger partial charge on any atom is 0.0481 e. The van der Waals surface area contributed by atoms with Gasteiger partial charge in [-0.25, -0.2) is 0 Å². The van der Waals surface area contributed by atoms with Gasteiger partial charge in [0, 0.05) is 42.4 Å². The molecule has 80 valence electrons. The SMILES string of the molecule is COCCCn1ccc2cc(Cl)ccc21. The molecule has 0 unspecified atom stereocenters. The van der Waals surface area contributed by atoms with Gasteiger partial charge in [0.15, 0.2) is 0 Å². The van der Waals surface area contributed by atoms with Crippen molar-refractivity contribution in [1.82, 2.24) is 4.57 Å². The first-order chi connectivity index (χ1) is 7.31. The number of rotatable bonds is 4. The normalized spacial score (nSPS) is 11.1. The van der Waals surface area contributed by atoms with Crippen LogP contribution in [0.3, 0.4) is 0 Å². The first-order valence-corrected chi connectivity index (χ1v) is 5.42. The molecule has 0 fully saturated rings. The Kier molecular flexibility index (Phi) is 3.29. The number of nitrogens with zero attached hydrogens (tertiary/aromatic N) is 1. The zero-order valence-electron chi connectivity index (χ0n) is 8.74. The fourth-order valence-corrected chi connectivity index (χ4v) is 1.93. The van der Waals surface area contributed by atoms with Crippen LogP contribution in [0.2, 0.25) is 5.02 Å². The molecular weight excluding hydrogens is 210 g/mol. The average Bonchev–Trinajstić information content (AvgIpc) is 2.61. The van der Waals surface area contributed by atoms with Gasteiger partial charge in [-0.15, -0.1) is 0 Å². The van der Waals surface area contributed by atoms with E-state index in [1.165, 1.54) is 10.9 Å². The van der Waals surface area contributed by atoms with Crippen LogP contribution >= 0.6 is 11.6 Å². The van der Waals surface area contributed by atoms with Crippen molar-refractivity contribution in [3.05, 3.63) is 35.5 Å². The zero-order chi connectivity index (χ0) is 10.7. The van der Waals surface area contributed by atoms with E-state index in [1.807, 2.05) is 12.1 Å². The maximum atomic E-state index is 5.93. The van der Waals surface area contributed by atoms with Crippen molar-refractivity contribution < 1.29 is 4.74 Å². The first-order valence-electron chi connectivity index (χ1n) is 5.04. The molecule has 0 aliphatic carbocycles. The molecule has 2 nitrogen and oxygen atoms in total. The van der Waals surface area contributed by atoms with E-state index >= 15 is 0 Å². The molecule has 0 saturated carbocycles. The van der Waals surface area contributed by atoms with Crippen molar-refractivity contribution in [1.29, 1.82) is 0 Å². The van der Waals surface area contributed by atoms with E-state index in [0.717, 1.165) is 24.6 Å². The molecule has 1 heterocycles. The summed E-state index contributed by atoms with van der Waals surface area (Å²) in [7, 11) is 1.73. The number of ether oxygens (including phenoxy) is 1. The minimum atomic E-state index is 0.789. The fraction of sp³-hybridized carbons (Fsp3) is 0.333. The molecule has 1 aromatic carbocycles. The largest absolute Gasteiger partial charge is 0.385 e. The molecule has 0 N–H and O–H groups in total. The van der Waals surface area contributed by atoms with E-state index in [0.29, 0.717) is 0 Å². The highest BCUT2D eigenvalue weighted by Gasteiger charge is 2.00. The van der Waals surface area contributed by atoms with Crippen LogP contribution in [0.5, 0.6) is 0 Å². The summed E-state index contributed by atoms with van der Waals surface area (Å²) >= 11 is 5.93. The Morgan fingerprint density at radius 2 is 2.20 bits per heavy atom. The third-order valence-corrected chi connectivity index (χ3v) is 2.72. The van der Waals surface area contributed by atoms with E-state index in [9.17, 15) is 0 Å². The smallest absolute Gasteiger partial charge is 0.0481 e. The van der Waals surface area contributed by atoms with E-state index < -0.39 is 0 Å². The van der Waals surface area contributed by atoms with E-state index in [4.69, 9.17) is 16.3 Å². The number of methoxy groups -OCH3 is 1. The van der Waals surface area contributed by atoms with Gasteiger partial charge in [-0.05, 0) is 30.7 Å². The summed E-state index contributed by atoms with van der Waals surface area (Å²) in [6, 6.07) is 8.07. The molecule has 0 bridgehead atoms. The lowest BCUT2D eigenvalue weighted by molar-refractivity contribution is 0.190. The monoisotopic (exact) mass is 223 g/mol. The van der Waals surface area contributed by atoms with Crippen LogP contribution in [-0.4, -0.2) is 18.3 Å². The van der Waals surface area contributed by atoms with Gasteiger partial charge in [0.2, 0.25) is 0 Å². The molecule has 0 amide bonds. The van der Waals surface area contributed by atoms with Crippen molar-refractivity contribution in [2.45, 2.75) is 13.0 Å². The lowest BCUT2D eigenvalue weighted by Gasteiger charge is -2.04. The number of aromatic nitrogens is 1. The van der Waals surface area contributed by atoms with Gasteiger partial charge in [-0.3, -0.25) is 0 Å². The van der Waals surface area contributed by atoms with Crippen LogP contribution in [0.4, 0.5) is 0 Å². The molecule has 0 atom stereocenters. The second-order valence-corrected chi connectivity index (χ2v) is 4.00. The number of aryl methyl sites for hydroxylation is 1. The third kappa shape index (κ3) is 2.33. The van der Waals surface area contributed by atoms with E-state index in [1.54, 1.807) is 7.11 Å². The summed E-state index contributed by atoms with van der Waals surface area (Å²) in [5.74, 6) is 0. The topological polar surface area (TPSA) is 14.2 Å². The second-order valence-electron chi connectivity index (χ2n) is 3.56. The van der Waals surface area contributed by atoms with Crippen LogP contribution in [0.1, 0.15) is 6.42 Å². The molecule has 0 aliphatic rings. The van der Waals surface area contributed by atoms with Gasteiger partial charge >= 0.3 is 0 Å². The lowest BCUT2D eigenvalue weighted by Crippen LogP contribution is -1.99. The van der Waals surface area contributed by atoms with Crippen LogP contribution in [0, 0.1) is 0 Å². The molecule has 0 aliphatic heterocycles. The Hall–Kier alpha value is -0.990. The van der Waals surface area contributed by atoms with Crippen molar-refractivity contribution >= 4 is 22.5 Å². The zero-order valence-corrected chi connectivity index (χ0v) is 9.50. The highest BCUT2D eigenvalue weighted by Crippen LogP contribution is 2.20. The first kappa shape index (κ1) is 10.5. The van der Waals surface area contributed by atoms with Crippen LogP contribution in [-0.2, 0) is 11.3 Å². The van der Waals surface area contributed by atoms with Crippen LogP contribution in [0.25, 0.3) is 10.9 Å². The highest BCUT2D eigenvalue weighted by atomic mass is 35.5. The van der Waals surface area contributed by atoms with Gasteiger partial charge in [-0.1, -0.05) is 11.6 Å². The van der Waals surface area contributed by atoms with Gasteiger partial charge in [0.1, 0.15) is 0 Å². The summed E-state index contributed by atoms with van der Waals surface area (Å²) in [5, 5.41) is 1.98. The van der Waals surface area contributed by atoms with Crippen LogP contribution < -0.4 is 0 Å². The number of hydrogen-bond acceptors (Lipinski definition) is 1. The summed E-state index contributed by atoms with van der Waals surface area (Å²) in [4.78, 5) is 0. The van der Waals surface area contributed by atoms with Crippen molar-refractivity contribution in [2.24, 2.45) is 0 Å². The summed E-state index contributed by atoms with van der Waals surface area (Å²) in [6.07, 6.45) is 3.12. The summed E-state index contributed by atoms with van der Waals surface area (Å²) < 4.78 is 7.26. The maximum absolute atomic E-state index is 5.93. The van der Waals surface area contributed by atoms with Crippen molar-refractivity contribution in [3.63, 3.8) is 0 Å². The Morgan fingerprint density at radius 1 is 1.33 bits per heavy atom. The molecule has 0 spiro atoms. The Labute approximate surface area is 94.4 Å². The minimum Gasteiger partial charge on any atom is -0.385 e. The Morgan fingerprint density at radius 3 is 3.00 bits per heavy atom. The Bertz CT molecular complexity index is 450. The molecule has 2 rings (SSSR count). The van der Waals surface area contributed by atoms with Crippen molar-refractivity contribution in [3.8, 4) is 0 Å². The van der Waals surface area contributed by atoms with Gasteiger partial charge in [0.05, 0.1) is 0 Å².